The Hall–Kier alpha value is -0.970. The van der Waals surface area contributed by atoms with E-state index in [-0.39, 0.29) is 5.82 Å². The molecule has 0 radical (unpaired) electrons. The molecule has 0 saturated carbocycles. The average molecular weight is 281 g/mol. The number of likely N-dealkylation sites (tertiary alicyclic amines) is 1. The molecule has 1 heterocycles. The molecule has 1 aromatic carbocycles. The van der Waals surface area contributed by atoms with Gasteiger partial charge in [-0.25, -0.2) is 4.39 Å². The fourth-order valence-corrected chi connectivity index (χ4v) is 2.71. The minimum Gasteiger partial charge on any atom is -0.387 e. The van der Waals surface area contributed by atoms with Crippen molar-refractivity contribution in [2.75, 3.05) is 32.8 Å². The zero-order valence-electron chi connectivity index (χ0n) is 12.1. The number of ether oxygens (including phenoxy) is 1. The molecule has 112 valence electrons. The largest absolute Gasteiger partial charge is 0.387 e. The van der Waals surface area contributed by atoms with Crippen LogP contribution in [0, 0.1) is 11.7 Å². The standard InChI is InChI=1S/C16H24FNO2/c1-2-20-12-13-7-9-18(10-8-13)11-16(19)14-5-3-4-6-15(14)17/h3-6,13,16,19H,2,7-12H2,1H3. The van der Waals surface area contributed by atoms with Crippen LogP contribution in [-0.4, -0.2) is 42.9 Å². The lowest BCUT2D eigenvalue weighted by molar-refractivity contribution is 0.0526. The third kappa shape index (κ3) is 4.27. The van der Waals surface area contributed by atoms with E-state index in [1.54, 1.807) is 18.2 Å². The van der Waals surface area contributed by atoms with Crippen molar-refractivity contribution in [3.05, 3.63) is 35.6 Å². The lowest BCUT2D eigenvalue weighted by Crippen LogP contribution is -2.37. The van der Waals surface area contributed by atoms with E-state index < -0.39 is 6.10 Å². The second-order valence-electron chi connectivity index (χ2n) is 5.44. The minimum atomic E-state index is -0.750. The number of β-amino-alcohol motifs (C(OH)–C–C–N with tert-alkyl or cyclic N) is 1. The lowest BCUT2D eigenvalue weighted by atomic mass is 9.97. The summed E-state index contributed by atoms with van der Waals surface area (Å²) in [5.41, 5.74) is 0.393. The van der Waals surface area contributed by atoms with Gasteiger partial charge in [0.15, 0.2) is 0 Å². The van der Waals surface area contributed by atoms with E-state index in [0.29, 0.717) is 18.0 Å². The van der Waals surface area contributed by atoms with Crippen LogP contribution in [0.3, 0.4) is 0 Å². The molecule has 0 aliphatic carbocycles. The Morgan fingerprint density at radius 2 is 2.05 bits per heavy atom. The topological polar surface area (TPSA) is 32.7 Å². The van der Waals surface area contributed by atoms with Crippen molar-refractivity contribution < 1.29 is 14.2 Å². The molecule has 0 aromatic heterocycles. The number of aliphatic hydroxyl groups excluding tert-OH is 1. The normalized spacial score (nSPS) is 19.1. The van der Waals surface area contributed by atoms with Gasteiger partial charge in [0.05, 0.1) is 6.10 Å². The highest BCUT2D eigenvalue weighted by Gasteiger charge is 2.22. The summed E-state index contributed by atoms with van der Waals surface area (Å²) in [6.45, 7) is 6.01. The minimum absolute atomic E-state index is 0.328. The van der Waals surface area contributed by atoms with Gasteiger partial charge in [0.1, 0.15) is 5.82 Å². The molecule has 4 heteroatoms. The second-order valence-corrected chi connectivity index (χ2v) is 5.44. The highest BCUT2D eigenvalue weighted by molar-refractivity contribution is 5.20. The fraction of sp³-hybridized carbons (Fsp3) is 0.625. The van der Waals surface area contributed by atoms with Gasteiger partial charge in [0, 0.05) is 25.3 Å². The van der Waals surface area contributed by atoms with Crippen molar-refractivity contribution >= 4 is 0 Å². The summed E-state index contributed by atoms with van der Waals surface area (Å²) in [6.07, 6.45) is 1.42. The molecule has 20 heavy (non-hydrogen) atoms. The first-order chi connectivity index (χ1) is 9.70. The summed E-state index contributed by atoms with van der Waals surface area (Å²) in [4.78, 5) is 2.21. The van der Waals surface area contributed by atoms with Crippen LogP contribution < -0.4 is 0 Å². The van der Waals surface area contributed by atoms with Crippen LogP contribution in [0.5, 0.6) is 0 Å². The molecule has 3 nitrogen and oxygen atoms in total. The van der Waals surface area contributed by atoms with E-state index in [1.165, 1.54) is 6.07 Å². The van der Waals surface area contributed by atoms with Crippen LogP contribution in [0.15, 0.2) is 24.3 Å². The van der Waals surface area contributed by atoms with Gasteiger partial charge in [-0.1, -0.05) is 18.2 Å². The number of piperidine rings is 1. The molecule has 1 aliphatic heterocycles. The number of benzene rings is 1. The van der Waals surface area contributed by atoms with E-state index in [1.807, 2.05) is 6.92 Å². The highest BCUT2D eigenvalue weighted by Crippen LogP contribution is 2.22. The van der Waals surface area contributed by atoms with Gasteiger partial charge in [0.2, 0.25) is 0 Å². The Bertz CT molecular complexity index is 405. The number of halogens is 1. The maximum Gasteiger partial charge on any atom is 0.129 e. The molecule has 1 fully saturated rings. The number of rotatable bonds is 6. The molecule has 1 atom stereocenters. The summed E-state index contributed by atoms with van der Waals surface area (Å²) in [5.74, 6) is 0.294. The van der Waals surface area contributed by atoms with E-state index in [2.05, 4.69) is 4.90 Å². The molecular weight excluding hydrogens is 257 g/mol. The van der Waals surface area contributed by atoms with Gasteiger partial charge in [0.25, 0.3) is 0 Å². The molecule has 0 spiro atoms. The molecular formula is C16H24FNO2. The van der Waals surface area contributed by atoms with E-state index in [0.717, 1.165) is 39.1 Å². The molecule has 1 saturated heterocycles. The van der Waals surface area contributed by atoms with Crippen molar-refractivity contribution in [1.82, 2.24) is 4.90 Å². The van der Waals surface area contributed by atoms with Crippen molar-refractivity contribution in [2.45, 2.75) is 25.9 Å². The number of nitrogens with zero attached hydrogens (tertiary/aromatic N) is 1. The molecule has 1 aromatic rings. The Labute approximate surface area is 120 Å². The van der Waals surface area contributed by atoms with Gasteiger partial charge in [-0.05, 0) is 44.8 Å². The predicted octanol–water partition coefficient (Wildman–Crippen LogP) is 2.61. The first kappa shape index (κ1) is 15.4. The molecule has 2 rings (SSSR count). The first-order valence-electron chi connectivity index (χ1n) is 7.43. The average Bonchev–Trinajstić information content (AvgIpc) is 2.47. The molecule has 0 bridgehead atoms. The van der Waals surface area contributed by atoms with Crippen molar-refractivity contribution in [1.29, 1.82) is 0 Å². The number of aliphatic hydroxyl groups is 1. The Morgan fingerprint density at radius 3 is 2.70 bits per heavy atom. The zero-order chi connectivity index (χ0) is 14.4. The molecule has 0 amide bonds. The lowest BCUT2D eigenvalue weighted by Gasteiger charge is -2.33. The maximum atomic E-state index is 13.6. The van der Waals surface area contributed by atoms with E-state index >= 15 is 0 Å². The third-order valence-corrected chi connectivity index (χ3v) is 3.96. The van der Waals surface area contributed by atoms with Crippen LogP contribution in [0.25, 0.3) is 0 Å². The summed E-state index contributed by atoms with van der Waals surface area (Å²) < 4.78 is 19.1. The highest BCUT2D eigenvalue weighted by atomic mass is 19.1. The first-order valence-corrected chi connectivity index (χ1v) is 7.43. The van der Waals surface area contributed by atoms with Gasteiger partial charge in [-0.3, -0.25) is 0 Å². The van der Waals surface area contributed by atoms with Crippen LogP contribution in [0.2, 0.25) is 0 Å². The summed E-state index contributed by atoms with van der Waals surface area (Å²) in [7, 11) is 0. The van der Waals surface area contributed by atoms with Crippen LogP contribution in [0.4, 0.5) is 4.39 Å². The van der Waals surface area contributed by atoms with E-state index in [4.69, 9.17) is 4.74 Å². The van der Waals surface area contributed by atoms with Crippen LogP contribution in [0.1, 0.15) is 31.4 Å². The monoisotopic (exact) mass is 281 g/mol. The van der Waals surface area contributed by atoms with Gasteiger partial charge in [-0.2, -0.15) is 0 Å². The zero-order valence-corrected chi connectivity index (χ0v) is 12.1. The second kappa shape index (κ2) is 7.72. The smallest absolute Gasteiger partial charge is 0.129 e. The van der Waals surface area contributed by atoms with Crippen molar-refractivity contribution in [3.8, 4) is 0 Å². The third-order valence-electron chi connectivity index (χ3n) is 3.96. The van der Waals surface area contributed by atoms with Gasteiger partial charge >= 0.3 is 0 Å². The summed E-state index contributed by atoms with van der Waals surface area (Å²) >= 11 is 0. The SMILES string of the molecule is CCOCC1CCN(CC(O)c2ccccc2F)CC1. The van der Waals surface area contributed by atoms with Crippen molar-refractivity contribution in [3.63, 3.8) is 0 Å². The Kier molecular flexibility index (Phi) is 5.95. The maximum absolute atomic E-state index is 13.6. The fourth-order valence-electron chi connectivity index (χ4n) is 2.71. The Morgan fingerprint density at radius 1 is 1.35 bits per heavy atom. The van der Waals surface area contributed by atoms with Crippen LogP contribution >= 0.6 is 0 Å². The van der Waals surface area contributed by atoms with Gasteiger partial charge in [-0.15, -0.1) is 0 Å². The molecule has 1 aliphatic rings. The Balaban J connectivity index is 1.79. The summed E-state index contributed by atoms with van der Waals surface area (Å²) in [6, 6.07) is 6.45. The van der Waals surface area contributed by atoms with Gasteiger partial charge < -0.3 is 14.7 Å². The number of hydrogen-bond donors (Lipinski definition) is 1. The quantitative estimate of drug-likeness (QED) is 0.870. The van der Waals surface area contributed by atoms with Crippen molar-refractivity contribution in [2.24, 2.45) is 5.92 Å². The van der Waals surface area contributed by atoms with Crippen LogP contribution in [-0.2, 0) is 4.74 Å². The molecule has 1 unspecified atom stereocenters. The molecule has 1 N–H and O–H groups in total. The summed E-state index contributed by atoms with van der Waals surface area (Å²) in [5, 5.41) is 10.2. The predicted molar refractivity (Wildman–Crippen MR) is 77.0 cm³/mol. The number of hydrogen-bond acceptors (Lipinski definition) is 3. The van der Waals surface area contributed by atoms with E-state index in [9.17, 15) is 9.50 Å².